The van der Waals surface area contributed by atoms with Gasteiger partial charge in [-0.05, 0) is 18.2 Å². The number of halogens is 1. The molecular weight excluding hydrogens is 292 g/mol. The Hall–Kier alpha value is -1.78. The fraction of sp³-hybridized carbons (Fsp3) is 0.0667. The van der Waals surface area contributed by atoms with Crippen LogP contribution in [0.5, 0.6) is 0 Å². The van der Waals surface area contributed by atoms with E-state index in [0.717, 1.165) is 10.9 Å². The number of thioether (sulfide) groups is 1. The molecule has 20 heavy (non-hydrogen) atoms. The molecule has 3 rings (SSSR count). The number of rotatable bonds is 4. The molecule has 0 atom stereocenters. The number of carbonyl (C=O) groups excluding carboxylic acids is 1. The van der Waals surface area contributed by atoms with E-state index >= 15 is 0 Å². The predicted molar refractivity (Wildman–Crippen MR) is 82.6 cm³/mol. The number of ketones is 1. The van der Waals surface area contributed by atoms with Crippen LogP contribution in [-0.4, -0.2) is 21.5 Å². The van der Waals surface area contributed by atoms with Crippen molar-refractivity contribution < 1.29 is 4.79 Å². The number of Topliss-reactive ketones (excluding diaryl/α,β-unsaturated/α-hetero) is 1. The topological polar surface area (TPSA) is 45.8 Å². The van der Waals surface area contributed by atoms with E-state index in [0.29, 0.717) is 21.4 Å². The Balaban J connectivity index is 1.79. The largest absolute Gasteiger partial charge is 0.360 e. The molecule has 0 aliphatic carbocycles. The van der Waals surface area contributed by atoms with Gasteiger partial charge in [0, 0.05) is 28.9 Å². The number of aromatic amines is 1. The number of benzene rings is 1. The summed E-state index contributed by atoms with van der Waals surface area (Å²) in [5, 5.41) is 2.21. The summed E-state index contributed by atoms with van der Waals surface area (Å²) in [6, 6.07) is 11.3. The van der Waals surface area contributed by atoms with E-state index in [1.165, 1.54) is 11.8 Å². The molecule has 0 amide bonds. The summed E-state index contributed by atoms with van der Waals surface area (Å²) in [5.74, 6) is 0.382. The van der Waals surface area contributed by atoms with Crippen LogP contribution in [-0.2, 0) is 0 Å². The lowest BCUT2D eigenvalue weighted by Crippen LogP contribution is -2.01. The highest BCUT2D eigenvalue weighted by Gasteiger charge is 2.13. The van der Waals surface area contributed by atoms with Crippen LogP contribution in [0, 0.1) is 0 Å². The normalized spacial score (nSPS) is 10.8. The molecule has 0 saturated carbocycles. The van der Waals surface area contributed by atoms with Gasteiger partial charge in [0.15, 0.2) is 5.78 Å². The zero-order valence-electron chi connectivity index (χ0n) is 10.5. The van der Waals surface area contributed by atoms with Crippen LogP contribution < -0.4 is 0 Å². The van der Waals surface area contributed by atoms with Gasteiger partial charge in [0.05, 0.1) is 10.8 Å². The van der Waals surface area contributed by atoms with Crippen molar-refractivity contribution in [1.29, 1.82) is 0 Å². The van der Waals surface area contributed by atoms with Gasteiger partial charge in [0.2, 0.25) is 0 Å². The number of hydrogen-bond donors (Lipinski definition) is 1. The van der Waals surface area contributed by atoms with Crippen molar-refractivity contribution in [2.45, 2.75) is 5.03 Å². The zero-order valence-corrected chi connectivity index (χ0v) is 12.0. The number of nitrogens with one attached hydrogen (secondary N) is 1. The maximum absolute atomic E-state index is 12.3. The first-order valence-electron chi connectivity index (χ1n) is 6.08. The van der Waals surface area contributed by atoms with Crippen LogP contribution in [0.1, 0.15) is 10.4 Å². The Morgan fingerprint density at radius 1 is 1.25 bits per heavy atom. The maximum atomic E-state index is 12.3. The minimum atomic E-state index is 0.0640. The third-order valence-electron chi connectivity index (χ3n) is 2.95. The summed E-state index contributed by atoms with van der Waals surface area (Å²) >= 11 is 7.38. The van der Waals surface area contributed by atoms with Crippen LogP contribution >= 0.6 is 23.4 Å². The minimum absolute atomic E-state index is 0.0640. The molecule has 1 N–H and O–H groups in total. The van der Waals surface area contributed by atoms with Gasteiger partial charge < -0.3 is 4.98 Å². The molecule has 100 valence electrons. The number of fused-ring (bicyclic) bond motifs is 1. The van der Waals surface area contributed by atoms with E-state index in [1.807, 2.05) is 24.3 Å². The van der Waals surface area contributed by atoms with Crippen LogP contribution in [0.25, 0.3) is 10.9 Å². The highest BCUT2D eigenvalue weighted by molar-refractivity contribution is 8.00. The lowest BCUT2D eigenvalue weighted by atomic mass is 10.1. The third kappa shape index (κ3) is 2.57. The Morgan fingerprint density at radius 2 is 2.10 bits per heavy atom. The lowest BCUT2D eigenvalue weighted by Gasteiger charge is -2.02. The lowest BCUT2D eigenvalue weighted by molar-refractivity contribution is 0.102. The Kier molecular flexibility index (Phi) is 3.76. The zero-order chi connectivity index (χ0) is 13.9. The number of carbonyl (C=O) groups is 1. The Morgan fingerprint density at radius 3 is 2.95 bits per heavy atom. The third-order valence-corrected chi connectivity index (χ3v) is 4.38. The fourth-order valence-corrected chi connectivity index (χ4v) is 3.04. The monoisotopic (exact) mass is 302 g/mol. The maximum Gasteiger partial charge on any atom is 0.175 e. The van der Waals surface area contributed by atoms with E-state index in [1.54, 1.807) is 24.5 Å². The summed E-state index contributed by atoms with van der Waals surface area (Å²) in [6.45, 7) is 0. The molecule has 0 aliphatic heterocycles. The van der Waals surface area contributed by atoms with Crippen molar-refractivity contribution in [3.63, 3.8) is 0 Å². The second-order valence-electron chi connectivity index (χ2n) is 4.25. The van der Waals surface area contributed by atoms with Crippen molar-refractivity contribution in [3.8, 4) is 0 Å². The van der Waals surface area contributed by atoms with E-state index in [2.05, 4.69) is 9.97 Å². The Labute approximate surface area is 125 Å². The van der Waals surface area contributed by atoms with Gasteiger partial charge in [-0.25, -0.2) is 4.98 Å². The summed E-state index contributed by atoms with van der Waals surface area (Å²) < 4.78 is 0. The minimum Gasteiger partial charge on any atom is -0.360 e. The van der Waals surface area contributed by atoms with Crippen LogP contribution in [0.2, 0.25) is 5.02 Å². The van der Waals surface area contributed by atoms with Gasteiger partial charge >= 0.3 is 0 Å². The quantitative estimate of drug-likeness (QED) is 0.580. The molecule has 2 heterocycles. The van der Waals surface area contributed by atoms with Gasteiger partial charge in [0.1, 0.15) is 5.03 Å². The summed E-state index contributed by atoms with van der Waals surface area (Å²) in [4.78, 5) is 19.6. The van der Waals surface area contributed by atoms with Crippen LogP contribution in [0.4, 0.5) is 0 Å². The average Bonchev–Trinajstić information content (AvgIpc) is 2.90. The second-order valence-corrected chi connectivity index (χ2v) is 5.62. The van der Waals surface area contributed by atoms with Crippen molar-refractivity contribution in [3.05, 3.63) is 59.4 Å². The smallest absolute Gasteiger partial charge is 0.175 e. The summed E-state index contributed by atoms with van der Waals surface area (Å²) in [6.07, 6.45) is 3.43. The van der Waals surface area contributed by atoms with E-state index in [9.17, 15) is 4.79 Å². The van der Waals surface area contributed by atoms with Crippen LogP contribution in [0.15, 0.2) is 53.8 Å². The molecule has 3 aromatic rings. The molecule has 0 unspecified atom stereocenters. The molecular formula is C15H11ClN2OS. The van der Waals surface area contributed by atoms with Gasteiger partial charge in [0.25, 0.3) is 0 Å². The molecule has 0 radical (unpaired) electrons. The number of pyridine rings is 1. The molecule has 1 aromatic carbocycles. The standard InChI is InChI=1S/C15H11ClN2OS/c16-12-5-3-7-17-15(12)20-9-14(19)11-8-18-13-6-2-1-4-10(11)13/h1-8,18H,9H2. The van der Waals surface area contributed by atoms with E-state index in [-0.39, 0.29) is 5.78 Å². The SMILES string of the molecule is O=C(CSc1ncccc1Cl)c1c[nH]c2ccccc12. The van der Waals surface area contributed by atoms with Crippen LogP contribution in [0.3, 0.4) is 0 Å². The second kappa shape index (κ2) is 5.69. The molecule has 0 fully saturated rings. The first-order chi connectivity index (χ1) is 9.75. The highest BCUT2D eigenvalue weighted by Crippen LogP contribution is 2.26. The van der Waals surface area contributed by atoms with Gasteiger partial charge in [-0.2, -0.15) is 0 Å². The van der Waals surface area contributed by atoms with Gasteiger partial charge in [-0.1, -0.05) is 41.6 Å². The number of para-hydroxylation sites is 1. The summed E-state index contributed by atoms with van der Waals surface area (Å²) in [5.41, 5.74) is 1.68. The molecule has 0 bridgehead atoms. The molecule has 0 saturated heterocycles. The molecule has 0 aliphatic rings. The highest BCUT2D eigenvalue weighted by atomic mass is 35.5. The van der Waals surface area contributed by atoms with Crippen molar-refractivity contribution >= 4 is 40.0 Å². The van der Waals surface area contributed by atoms with Gasteiger partial charge in [-0.15, -0.1) is 0 Å². The predicted octanol–water partition coefficient (Wildman–Crippen LogP) is 4.19. The number of H-pyrrole nitrogens is 1. The van der Waals surface area contributed by atoms with Crippen molar-refractivity contribution in [2.24, 2.45) is 0 Å². The molecule has 0 spiro atoms. The van der Waals surface area contributed by atoms with E-state index < -0.39 is 0 Å². The van der Waals surface area contributed by atoms with Gasteiger partial charge in [-0.3, -0.25) is 4.79 Å². The van der Waals surface area contributed by atoms with E-state index in [4.69, 9.17) is 11.6 Å². The molecule has 5 heteroatoms. The van der Waals surface area contributed by atoms with Crippen molar-refractivity contribution in [1.82, 2.24) is 9.97 Å². The number of aromatic nitrogens is 2. The molecule has 2 aromatic heterocycles. The first-order valence-corrected chi connectivity index (χ1v) is 7.44. The fourth-order valence-electron chi connectivity index (χ4n) is 1.99. The number of hydrogen-bond acceptors (Lipinski definition) is 3. The average molecular weight is 303 g/mol. The Bertz CT molecular complexity index is 769. The molecule has 3 nitrogen and oxygen atoms in total. The first kappa shape index (κ1) is 13.2. The summed E-state index contributed by atoms with van der Waals surface area (Å²) in [7, 11) is 0. The number of nitrogens with zero attached hydrogens (tertiary/aromatic N) is 1. The van der Waals surface area contributed by atoms with Crippen molar-refractivity contribution in [2.75, 3.05) is 5.75 Å².